The number of hydrogen-bond donors (Lipinski definition) is 2. The van der Waals surface area contributed by atoms with Gasteiger partial charge in [-0.3, -0.25) is 9.79 Å². The van der Waals surface area contributed by atoms with Crippen molar-refractivity contribution in [1.29, 1.82) is 0 Å². The predicted molar refractivity (Wildman–Crippen MR) is 99.0 cm³/mol. The fourth-order valence-electron chi connectivity index (χ4n) is 2.72. The molecule has 2 heterocycles. The monoisotopic (exact) mass is 375 g/mol. The van der Waals surface area contributed by atoms with Crippen molar-refractivity contribution in [1.82, 2.24) is 9.97 Å². The third-order valence-corrected chi connectivity index (χ3v) is 4.87. The van der Waals surface area contributed by atoms with E-state index in [1.165, 1.54) is 43.4 Å². The highest BCUT2D eigenvalue weighted by molar-refractivity contribution is 8.13. The number of ether oxygens (including phenoxy) is 1. The molecule has 0 saturated carbocycles. The van der Waals surface area contributed by atoms with Crippen LogP contribution in [0.4, 0.5) is 10.1 Å². The summed E-state index contributed by atoms with van der Waals surface area (Å²) < 4.78 is 19.5. The summed E-state index contributed by atoms with van der Waals surface area (Å²) in [5.41, 5.74) is 5.89. The Kier molecular flexibility index (Phi) is 5.08. The Hall–Kier alpha value is -2.68. The van der Waals surface area contributed by atoms with E-state index in [0.29, 0.717) is 22.8 Å². The van der Waals surface area contributed by atoms with Gasteiger partial charge in [0.05, 0.1) is 12.6 Å². The average Bonchev–Trinajstić information content (AvgIpc) is 2.63. The van der Waals surface area contributed by atoms with Crippen LogP contribution in [0.3, 0.4) is 0 Å². The van der Waals surface area contributed by atoms with Crippen LogP contribution >= 0.6 is 11.8 Å². The van der Waals surface area contributed by atoms with Crippen molar-refractivity contribution in [3.05, 3.63) is 47.7 Å². The Morgan fingerprint density at radius 1 is 1.38 bits per heavy atom. The molecule has 0 bridgehead atoms. The van der Waals surface area contributed by atoms with Crippen LogP contribution in [0.2, 0.25) is 0 Å². The van der Waals surface area contributed by atoms with Gasteiger partial charge in [-0.15, -0.1) is 0 Å². The minimum atomic E-state index is -0.773. The maximum absolute atomic E-state index is 14.4. The van der Waals surface area contributed by atoms with Crippen molar-refractivity contribution in [3.63, 3.8) is 0 Å². The summed E-state index contributed by atoms with van der Waals surface area (Å²) in [5, 5.41) is 3.12. The van der Waals surface area contributed by atoms with Gasteiger partial charge in [-0.25, -0.2) is 14.4 Å². The molecule has 1 amide bonds. The van der Waals surface area contributed by atoms with Crippen molar-refractivity contribution in [3.8, 4) is 5.88 Å². The lowest BCUT2D eigenvalue weighted by molar-refractivity contribution is 0.101. The number of aromatic nitrogens is 2. The molecule has 1 aliphatic heterocycles. The van der Waals surface area contributed by atoms with E-state index in [9.17, 15) is 9.18 Å². The molecule has 1 atom stereocenters. The standard InChI is InChI=1S/C17H18FN5O2S/c1-17(5-8-26-16(19)23-17)11-9-10(3-4-12(11)18)22-14(24)13-15(25-2)21-7-6-20-13/h3-4,6-7,9H,5,8H2,1-2H3,(H2,19,23)(H,22,24)/t17-/m0/s1. The van der Waals surface area contributed by atoms with Gasteiger partial charge < -0.3 is 15.8 Å². The number of carbonyl (C=O) groups is 1. The quantitative estimate of drug-likeness (QED) is 0.851. The minimum Gasteiger partial charge on any atom is -0.479 e. The van der Waals surface area contributed by atoms with Crippen LogP contribution in [0.25, 0.3) is 0 Å². The van der Waals surface area contributed by atoms with E-state index in [-0.39, 0.29) is 11.6 Å². The third kappa shape index (κ3) is 3.62. The fraction of sp³-hybridized carbons (Fsp3) is 0.294. The second-order valence-electron chi connectivity index (χ2n) is 5.89. The summed E-state index contributed by atoms with van der Waals surface area (Å²) in [5.74, 6) is -0.0366. The molecule has 0 spiro atoms. The van der Waals surface area contributed by atoms with Gasteiger partial charge >= 0.3 is 0 Å². The third-order valence-electron chi connectivity index (χ3n) is 4.07. The van der Waals surface area contributed by atoms with Crippen LogP contribution in [-0.4, -0.2) is 33.9 Å². The summed E-state index contributed by atoms with van der Waals surface area (Å²) >= 11 is 1.44. The highest BCUT2D eigenvalue weighted by Crippen LogP contribution is 2.37. The number of nitrogens with two attached hydrogens (primary N) is 1. The second kappa shape index (κ2) is 7.28. The van der Waals surface area contributed by atoms with Gasteiger partial charge in [0.15, 0.2) is 10.9 Å². The van der Waals surface area contributed by atoms with Crippen LogP contribution in [0.5, 0.6) is 5.88 Å². The van der Waals surface area contributed by atoms with E-state index in [2.05, 4.69) is 20.3 Å². The van der Waals surface area contributed by atoms with Crippen molar-refractivity contribution in [2.45, 2.75) is 18.9 Å². The number of anilines is 1. The number of aliphatic imine (C=N–C) groups is 1. The molecule has 26 heavy (non-hydrogen) atoms. The number of nitrogens with zero attached hydrogens (tertiary/aromatic N) is 3. The van der Waals surface area contributed by atoms with Crippen LogP contribution in [0.1, 0.15) is 29.4 Å². The molecular weight excluding hydrogens is 357 g/mol. The van der Waals surface area contributed by atoms with Gasteiger partial charge in [0, 0.05) is 29.4 Å². The van der Waals surface area contributed by atoms with Gasteiger partial charge in [-0.1, -0.05) is 11.8 Å². The molecule has 9 heteroatoms. The molecule has 2 aromatic rings. The van der Waals surface area contributed by atoms with Gasteiger partial charge in [-0.05, 0) is 31.5 Å². The summed E-state index contributed by atoms with van der Waals surface area (Å²) in [6.07, 6.45) is 3.46. The first kappa shape index (κ1) is 18.1. The lowest BCUT2D eigenvalue weighted by Crippen LogP contribution is -2.30. The number of methoxy groups -OCH3 is 1. The van der Waals surface area contributed by atoms with Crippen LogP contribution in [0.15, 0.2) is 35.6 Å². The first-order chi connectivity index (χ1) is 12.4. The van der Waals surface area contributed by atoms with E-state index in [0.717, 1.165) is 5.75 Å². The zero-order valence-corrected chi connectivity index (χ0v) is 15.1. The fourth-order valence-corrected chi connectivity index (χ4v) is 3.69. The zero-order valence-electron chi connectivity index (χ0n) is 14.3. The first-order valence-electron chi connectivity index (χ1n) is 7.87. The lowest BCUT2D eigenvalue weighted by atomic mass is 9.89. The van der Waals surface area contributed by atoms with E-state index < -0.39 is 17.3 Å². The molecule has 0 fully saturated rings. The number of hydrogen-bond acceptors (Lipinski definition) is 7. The highest BCUT2D eigenvalue weighted by atomic mass is 32.2. The number of benzene rings is 1. The number of amides is 1. The highest BCUT2D eigenvalue weighted by Gasteiger charge is 2.32. The molecule has 136 valence electrons. The summed E-state index contributed by atoms with van der Waals surface area (Å²) in [6.45, 7) is 1.83. The Morgan fingerprint density at radius 3 is 2.88 bits per heavy atom. The Morgan fingerprint density at radius 2 is 2.15 bits per heavy atom. The summed E-state index contributed by atoms with van der Waals surface area (Å²) in [7, 11) is 1.40. The zero-order chi connectivity index (χ0) is 18.7. The molecule has 0 unspecified atom stereocenters. The van der Waals surface area contributed by atoms with Crippen molar-refractivity contribution < 1.29 is 13.9 Å². The molecule has 3 N–H and O–H groups in total. The maximum Gasteiger partial charge on any atom is 0.279 e. The number of rotatable bonds is 4. The lowest BCUT2D eigenvalue weighted by Gasteiger charge is -2.30. The van der Waals surface area contributed by atoms with Gasteiger partial charge in [0.25, 0.3) is 5.91 Å². The van der Waals surface area contributed by atoms with Crippen LogP contribution < -0.4 is 15.8 Å². The number of nitrogens with one attached hydrogen (secondary N) is 1. The smallest absolute Gasteiger partial charge is 0.279 e. The summed E-state index contributed by atoms with van der Waals surface area (Å²) in [6, 6.07) is 4.36. The van der Waals surface area contributed by atoms with Crippen molar-refractivity contribution >= 4 is 28.5 Å². The molecule has 7 nitrogen and oxygen atoms in total. The first-order valence-corrected chi connectivity index (χ1v) is 8.86. The maximum atomic E-state index is 14.4. The molecule has 1 aliphatic rings. The molecular formula is C17H18FN5O2S. The number of thioether (sulfide) groups is 1. The van der Waals surface area contributed by atoms with Crippen molar-refractivity contribution in [2.75, 3.05) is 18.2 Å². The summed E-state index contributed by atoms with van der Waals surface area (Å²) in [4.78, 5) is 24.8. The number of halogens is 1. The van der Waals surface area contributed by atoms with Crippen LogP contribution in [0, 0.1) is 5.82 Å². The average molecular weight is 375 g/mol. The van der Waals surface area contributed by atoms with Gasteiger partial charge in [0.1, 0.15) is 5.82 Å². The number of carbonyl (C=O) groups excluding carboxylic acids is 1. The predicted octanol–water partition coefficient (Wildman–Crippen LogP) is 2.54. The molecule has 0 aliphatic carbocycles. The van der Waals surface area contributed by atoms with Crippen LogP contribution in [-0.2, 0) is 5.54 Å². The molecule has 0 radical (unpaired) electrons. The van der Waals surface area contributed by atoms with E-state index in [4.69, 9.17) is 10.5 Å². The minimum absolute atomic E-state index is 0.0448. The SMILES string of the molecule is COc1nccnc1C(=O)Nc1ccc(F)c([C@]2(C)CCSC(N)=N2)c1. The van der Waals surface area contributed by atoms with E-state index >= 15 is 0 Å². The molecule has 1 aromatic carbocycles. The van der Waals surface area contributed by atoms with Gasteiger partial charge in [-0.2, -0.15) is 0 Å². The topological polar surface area (TPSA) is 102 Å². The molecule has 3 rings (SSSR count). The Labute approximate surface area is 154 Å². The largest absolute Gasteiger partial charge is 0.479 e. The number of amidine groups is 1. The van der Waals surface area contributed by atoms with Crippen molar-refractivity contribution in [2.24, 2.45) is 10.7 Å². The van der Waals surface area contributed by atoms with E-state index in [1.807, 2.05) is 6.92 Å². The molecule has 1 aromatic heterocycles. The second-order valence-corrected chi connectivity index (χ2v) is 7.00. The molecule has 0 saturated heterocycles. The van der Waals surface area contributed by atoms with E-state index in [1.54, 1.807) is 6.07 Å². The Bertz CT molecular complexity index is 876. The Balaban J connectivity index is 1.91. The normalized spacial score (nSPS) is 19.6. The van der Waals surface area contributed by atoms with Gasteiger partial charge in [0.2, 0.25) is 5.88 Å².